The number of aromatic nitrogens is 2. The van der Waals surface area contributed by atoms with E-state index >= 15 is 0 Å². The van der Waals surface area contributed by atoms with Gasteiger partial charge in [-0.2, -0.15) is 0 Å². The van der Waals surface area contributed by atoms with Crippen molar-refractivity contribution in [3.8, 4) is 0 Å². The fraction of sp³-hybridized carbons (Fsp3) is 0.231. The van der Waals surface area contributed by atoms with Gasteiger partial charge in [0, 0.05) is 28.9 Å². The lowest BCUT2D eigenvalue weighted by molar-refractivity contribution is 0.384. The molecule has 0 saturated carbocycles. The van der Waals surface area contributed by atoms with E-state index in [4.69, 9.17) is 4.52 Å². The maximum Gasteiger partial charge on any atom is 0.143 e. The van der Waals surface area contributed by atoms with Crippen LogP contribution in [0, 0.1) is 6.92 Å². The molecule has 18 heavy (non-hydrogen) atoms. The van der Waals surface area contributed by atoms with E-state index in [-0.39, 0.29) is 0 Å². The van der Waals surface area contributed by atoms with Crippen molar-refractivity contribution in [1.29, 1.82) is 0 Å². The molecule has 0 aliphatic rings. The highest BCUT2D eigenvalue weighted by molar-refractivity contribution is 7.10. The van der Waals surface area contributed by atoms with Crippen LogP contribution >= 0.6 is 22.7 Å². The maximum atomic E-state index is 5.34. The number of nitrogens with zero attached hydrogens (tertiary/aromatic N) is 2. The summed E-state index contributed by atoms with van der Waals surface area (Å²) in [7, 11) is 0. The van der Waals surface area contributed by atoms with E-state index < -0.39 is 0 Å². The van der Waals surface area contributed by atoms with Gasteiger partial charge in [-0.3, -0.25) is 0 Å². The molecule has 0 radical (unpaired) electrons. The van der Waals surface area contributed by atoms with Crippen LogP contribution in [0.1, 0.15) is 26.9 Å². The van der Waals surface area contributed by atoms with E-state index in [1.54, 1.807) is 22.7 Å². The van der Waals surface area contributed by atoms with Gasteiger partial charge >= 0.3 is 0 Å². The van der Waals surface area contributed by atoms with E-state index in [0.717, 1.165) is 29.3 Å². The minimum absolute atomic E-state index is 0.730. The second-order valence-electron chi connectivity index (χ2n) is 4.15. The van der Waals surface area contributed by atoms with Gasteiger partial charge in [0.25, 0.3) is 0 Å². The summed E-state index contributed by atoms with van der Waals surface area (Å²) in [6.45, 7) is 2.11. The molecule has 3 nitrogen and oxygen atoms in total. The monoisotopic (exact) mass is 276 g/mol. The summed E-state index contributed by atoms with van der Waals surface area (Å²) in [6, 6.07) is 4.22. The lowest BCUT2D eigenvalue weighted by atomic mass is 10.2. The molecule has 0 N–H and O–H groups in total. The zero-order valence-corrected chi connectivity index (χ0v) is 11.6. The van der Waals surface area contributed by atoms with Crippen LogP contribution in [0.15, 0.2) is 33.6 Å². The van der Waals surface area contributed by atoms with Gasteiger partial charge in [-0.05, 0) is 23.9 Å². The molecule has 0 aliphatic carbocycles. The van der Waals surface area contributed by atoms with Crippen LogP contribution in [0.3, 0.4) is 0 Å². The summed E-state index contributed by atoms with van der Waals surface area (Å²) in [4.78, 5) is 5.56. The van der Waals surface area contributed by atoms with Crippen molar-refractivity contribution in [3.05, 3.63) is 56.0 Å². The zero-order valence-electron chi connectivity index (χ0n) is 9.92. The number of aryl methyl sites for hydroxylation is 1. The maximum absolute atomic E-state index is 5.34. The molecule has 0 saturated heterocycles. The third kappa shape index (κ3) is 2.68. The Bertz CT molecular complexity index is 625. The van der Waals surface area contributed by atoms with Crippen molar-refractivity contribution in [3.63, 3.8) is 0 Å². The Morgan fingerprint density at radius 3 is 2.89 bits per heavy atom. The van der Waals surface area contributed by atoms with Gasteiger partial charge in [-0.15, -0.1) is 22.7 Å². The first-order valence-corrected chi connectivity index (χ1v) is 7.42. The molecule has 3 aromatic rings. The number of hydrogen-bond acceptors (Lipinski definition) is 5. The van der Waals surface area contributed by atoms with Crippen LogP contribution in [-0.4, -0.2) is 10.1 Å². The van der Waals surface area contributed by atoms with Crippen molar-refractivity contribution in [1.82, 2.24) is 10.1 Å². The minimum atomic E-state index is 0.730. The van der Waals surface area contributed by atoms with Gasteiger partial charge in [0.2, 0.25) is 0 Å². The Kier molecular flexibility index (Phi) is 3.25. The third-order valence-electron chi connectivity index (χ3n) is 2.56. The SMILES string of the molecule is Cc1csc(Cc2cc(Cc3nccs3)on2)c1. The molecule has 3 heterocycles. The fourth-order valence-corrected chi connectivity index (χ4v) is 3.29. The van der Waals surface area contributed by atoms with Crippen molar-refractivity contribution in [2.75, 3.05) is 0 Å². The highest BCUT2D eigenvalue weighted by Crippen LogP contribution is 2.19. The predicted octanol–water partition coefficient (Wildman–Crippen LogP) is 3.68. The number of thiazole rings is 1. The van der Waals surface area contributed by atoms with Crippen molar-refractivity contribution < 1.29 is 4.52 Å². The van der Waals surface area contributed by atoms with E-state index in [0.29, 0.717) is 0 Å². The third-order valence-corrected chi connectivity index (χ3v) is 4.39. The molecule has 3 rings (SSSR count). The molecule has 3 aromatic heterocycles. The van der Waals surface area contributed by atoms with Gasteiger partial charge in [0.15, 0.2) is 0 Å². The first kappa shape index (κ1) is 11.6. The van der Waals surface area contributed by atoms with Crippen LogP contribution in [0.5, 0.6) is 0 Å². The van der Waals surface area contributed by atoms with Crippen LogP contribution in [-0.2, 0) is 12.8 Å². The van der Waals surface area contributed by atoms with Crippen molar-refractivity contribution in [2.24, 2.45) is 0 Å². The summed E-state index contributed by atoms with van der Waals surface area (Å²) >= 11 is 3.40. The first-order valence-electron chi connectivity index (χ1n) is 5.66. The molecule has 0 unspecified atom stereocenters. The topological polar surface area (TPSA) is 38.9 Å². The summed E-state index contributed by atoms with van der Waals surface area (Å²) in [6.07, 6.45) is 3.39. The smallest absolute Gasteiger partial charge is 0.143 e. The Balaban J connectivity index is 1.69. The summed E-state index contributed by atoms with van der Waals surface area (Å²) in [5.74, 6) is 0.883. The van der Waals surface area contributed by atoms with Gasteiger partial charge < -0.3 is 4.52 Å². The highest BCUT2D eigenvalue weighted by Gasteiger charge is 2.08. The molecule has 92 valence electrons. The van der Waals surface area contributed by atoms with Crippen LogP contribution < -0.4 is 0 Å². The Morgan fingerprint density at radius 2 is 2.17 bits per heavy atom. The number of hydrogen-bond donors (Lipinski definition) is 0. The summed E-state index contributed by atoms with van der Waals surface area (Å²) in [5, 5.41) is 9.30. The number of thiophene rings is 1. The lowest BCUT2D eigenvalue weighted by Crippen LogP contribution is -1.84. The first-order chi connectivity index (χ1) is 8.79. The van der Waals surface area contributed by atoms with Crippen LogP contribution in [0.25, 0.3) is 0 Å². The second kappa shape index (κ2) is 5.04. The normalized spacial score (nSPS) is 10.9. The van der Waals surface area contributed by atoms with E-state index in [9.17, 15) is 0 Å². The predicted molar refractivity (Wildman–Crippen MR) is 73.3 cm³/mol. The van der Waals surface area contributed by atoms with E-state index in [2.05, 4.69) is 28.5 Å². The Morgan fingerprint density at radius 1 is 1.22 bits per heavy atom. The van der Waals surface area contributed by atoms with E-state index in [1.165, 1.54) is 10.4 Å². The molecule has 5 heteroatoms. The largest absolute Gasteiger partial charge is 0.361 e. The average molecular weight is 276 g/mol. The number of rotatable bonds is 4. The standard InChI is InChI=1S/C13H12N2OS2/c1-9-4-12(18-8-9)6-10-5-11(16-15-10)7-13-14-2-3-17-13/h2-5,8H,6-7H2,1H3. The highest BCUT2D eigenvalue weighted by atomic mass is 32.1. The van der Waals surface area contributed by atoms with Gasteiger partial charge in [0.05, 0.1) is 12.1 Å². The van der Waals surface area contributed by atoms with E-state index in [1.807, 2.05) is 17.6 Å². The molecule has 0 aliphatic heterocycles. The summed E-state index contributed by atoms with van der Waals surface area (Å²) < 4.78 is 5.34. The molecule has 0 fully saturated rings. The molecule has 0 aromatic carbocycles. The van der Waals surface area contributed by atoms with Crippen LogP contribution in [0.4, 0.5) is 0 Å². The average Bonchev–Trinajstić information content (AvgIpc) is 3.04. The molecule has 0 spiro atoms. The molecular formula is C13H12N2OS2. The molecule has 0 amide bonds. The minimum Gasteiger partial charge on any atom is -0.361 e. The van der Waals surface area contributed by atoms with Gasteiger partial charge in [-0.1, -0.05) is 5.16 Å². The quantitative estimate of drug-likeness (QED) is 0.729. The van der Waals surface area contributed by atoms with Crippen LogP contribution in [0.2, 0.25) is 0 Å². The van der Waals surface area contributed by atoms with Crippen molar-refractivity contribution in [2.45, 2.75) is 19.8 Å². The molecule has 0 atom stereocenters. The fourth-order valence-electron chi connectivity index (χ4n) is 1.77. The Hall–Kier alpha value is -1.46. The molecule has 0 bridgehead atoms. The molecular weight excluding hydrogens is 264 g/mol. The summed E-state index contributed by atoms with van der Waals surface area (Å²) in [5.41, 5.74) is 2.30. The van der Waals surface area contributed by atoms with Gasteiger partial charge in [-0.25, -0.2) is 4.98 Å². The second-order valence-corrected chi connectivity index (χ2v) is 6.13. The Labute approximate surface area is 113 Å². The van der Waals surface area contributed by atoms with Crippen molar-refractivity contribution >= 4 is 22.7 Å². The lowest BCUT2D eigenvalue weighted by Gasteiger charge is -1.89. The zero-order chi connectivity index (χ0) is 12.4. The van der Waals surface area contributed by atoms with Gasteiger partial charge in [0.1, 0.15) is 10.8 Å².